The van der Waals surface area contributed by atoms with E-state index in [1.54, 1.807) is 25.3 Å². The third kappa shape index (κ3) is 3.83. The minimum atomic E-state index is -0.926. The molecule has 0 saturated carbocycles. The second kappa shape index (κ2) is 5.29. The van der Waals surface area contributed by atoms with E-state index in [4.69, 9.17) is 10.8 Å². The zero-order chi connectivity index (χ0) is 13.1. The number of nitrogens with two attached hydrogens (primary N) is 1. The van der Waals surface area contributed by atoms with E-state index in [1.165, 1.54) is 11.3 Å². The van der Waals surface area contributed by atoms with Gasteiger partial charge >= 0.3 is 5.97 Å². The van der Waals surface area contributed by atoms with E-state index in [-0.39, 0.29) is 5.91 Å². The topological polar surface area (TPSA) is 92.4 Å². The van der Waals surface area contributed by atoms with Crippen LogP contribution < -0.4 is 11.1 Å². The van der Waals surface area contributed by atoms with Crippen molar-refractivity contribution in [1.29, 1.82) is 0 Å². The Morgan fingerprint density at radius 1 is 1.53 bits per heavy atom. The van der Waals surface area contributed by atoms with Crippen molar-refractivity contribution in [2.24, 2.45) is 11.1 Å². The van der Waals surface area contributed by atoms with Crippen molar-refractivity contribution in [3.05, 3.63) is 21.9 Å². The second-order valence-corrected chi connectivity index (χ2v) is 5.45. The number of aromatic carboxylic acids is 1. The zero-order valence-corrected chi connectivity index (χ0v) is 10.6. The van der Waals surface area contributed by atoms with E-state index < -0.39 is 11.4 Å². The number of nitrogens with one attached hydrogen (secondary N) is 1. The summed E-state index contributed by atoms with van der Waals surface area (Å²) in [6.45, 7) is 4.52. The first-order valence-electron chi connectivity index (χ1n) is 5.14. The Labute approximate surface area is 104 Å². The Kier molecular flexibility index (Phi) is 4.25. The molecule has 17 heavy (non-hydrogen) atoms. The monoisotopic (exact) mass is 256 g/mol. The Bertz CT molecular complexity index is 426. The Morgan fingerprint density at radius 2 is 2.18 bits per heavy atom. The highest BCUT2D eigenvalue weighted by atomic mass is 32.1. The minimum Gasteiger partial charge on any atom is -0.478 e. The fraction of sp³-hybridized carbons (Fsp3) is 0.455. The molecule has 1 rings (SSSR count). The molecular weight excluding hydrogens is 240 g/mol. The predicted octanol–water partition coefficient (Wildman–Crippen LogP) is 1.05. The van der Waals surface area contributed by atoms with Crippen LogP contribution in [0.2, 0.25) is 0 Å². The van der Waals surface area contributed by atoms with Gasteiger partial charge in [-0.3, -0.25) is 4.79 Å². The molecule has 1 aromatic rings. The average Bonchev–Trinajstić information content (AvgIpc) is 2.66. The third-order valence-corrected chi connectivity index (χ3v) is 3.37. The summed E-state index contributed by atoms with van der Waals surface area (Å²) in [5.41, 5.74) is 4.93. The van der Waals surface area contributed by atoms with Crippen LogP contribution in [0.25, 0.3) is 0 Å². The summed E-state index contributed by atoms with van der Waals surface area (Å²) in [6, 6.07) is 1.62. The number of amides is 1. The summed E-state index contributed by atoms with van der Waals surface area (Å²) in [5, 5.41) is 13.4. The van der Waals surface area contributed by atoms with Gasteiger partial charge in [0.1, 0.15) is 0 Å². The van der Waals surface area contributed by atoms with Gasteiger partial charge in [-0.25, -0.2) is 4.79 Å². The van der Waals surface area contributed by atoms with E-state index >= 15 is 0 Å². The van der Waals surface area contributed by atoms with Gasteiger partial charge in [0, 0.05) is 23.3 Å². The maximum Gasteiger partial charge on any atom is 0.336 e. The molecule has 0 aliphatic carbocycles. The number of carboxylic acids is 1. The van der Waals surface area contributed by atoms with Gasteiger partial charge in [-0.05, 0) is 19.9 Å². The van der Waals surface area contributed by atoms with E-state index in [9.17, 15) is 9.59 Å². The van der Waals surface area contributed by atoms with Crippen molar-refractivity contribution in [2.75, 3.05) is 6.54 Å². The minimum absolute atomic E-state index is 0.293. The maximum atomic E-state index is 11.1. The lowest BCUT2D eigenvalue weighted by atomic mass is 9.93. The van der Waals surface area contributed by atoms with Crippen molar-refractivity contribution in [2.45, 2.75) is 20.4 Å². The summed E-state index contributed by atoms with van der Waals surface area (Å²) in [5.74, 6) is -1.28. The number of primary amides is 1. The first kappa shape index (κ1) is 13.7. The molecule has 0 aliphatic heterocycles. The van der Waals surface area contributed by atoms with Crippen LogP contribution in [0.3, 0.4) is 0 Å². The third-order valence-electron chi connectivity index (χ3n) is 2.43. The van der Waals surface area contributed by atoms with Crippen molar-refractivity contribution in [1.82, 2.24) is 5.32 Å². The fourth-order valence-corrected chi connectivity index (χ4v) is 2.00. The summed E-state index contributed by atoms with van der Waals surface area (Å²) < 4.78 is 0. The number of carbonyl (C=O) groups is 2. The number of hydrogen-bond acceptors (Lipinski definition) is 4. The van der Waals surface area contributed by atoms with Gasteiger partial charge in [0.2, 0.25) is 5.91 Å². The highest BCUT2D eigenvalue weighted by Gasteiger charge is 2.24. The van der Waals surface area contributed by atoms with Crippen molar-refractivity contribution >= 4 is 23.2 Å². The Hall–Kier alpha value is -1.40. The molecule has 0 aromatic carbocycles. The van der Waals surface area contributed by atoms with Crippen LogP contribution in [0.15, 0.2) is 11.4 Å². The quantitative estimate of drug-likeness (QED) is 0.709. The molecule has 5 nitrogen and oxygen atoms in total. The van der Waals surface area contributed by atoms with Gasteiger partial charge in [-0.1, -0.05) is 0 Å². The van der Waals surface area contributed by atoms with Crippen LogP contribution in [-0.2, 0) is 11.3 Å². The van der Waals surface area contributed by atoms with Crippen molar-refractivity contribution in [3.63, 3.8) is 0 Å². The molecule has 0 bridgehead atoms. The highest BCUT2D eigenvalue weighted by Crippen LogP contribution is 2.16. The first-order chi connectivity index (χ1) is 7.83. The summed E-state index contributed by atoms with van der Waals surface area (Å²) in [7, 11) is 0. The SMILES string of the molecule is CC(C)(CNCc1cc(C(=O)O)cs1)C(N)=O. The molecule has 4 N–H and O–H groups in total. The van der Waals surface area contributed by atoms with Crippen LogP contribution in [0.4, 0.5) is 0 Å². The molecule has 0 unspecified atom stereocenters. The standard InChI is InChI=1S/C11H16N2O3S/c1-11(2,10(12)16)6-13-4-8-3-7(5-17-8)9(14)15/h3,5,13H,4,6H2,1-2H3,(H2,12,16)(H,14,15). The fourth-order valence-electron chi connectivity index (χ4n) is 1.17. The molecule has 0 radical (unpaired) electrons. The maximum absolute atomic E-state index is 11.1. The molecular formula is C11H16N2O3S. The second-order valence-electron chi connectivity index (χ2n) is 4.46. The lowest BCUT2D eigenvalue weighted by Crippen LogP contribution is -2.40. The van der Waals surface area contributed by atoms with Crippen molar-refractivity contribution in [3.8, 4) is 0 Å². The number of carbonyl (C=O) groups excluding carboxylic acids is 1. The van der Waals surface area contributed by atoms with E-state index in [1.807, 2.05) is 0 Å². The Balaban J connectivity index is 2.46. The van der Waals surface area contributed by atoms with E-state index in [2.05, 4.69) is 5.32 Å². The lowest BCUT2D eigenvalue weighted by molar-refractivity contribution is -0.125. The van der Waals surface area contributed by atoms with E-state index in [0.717, 1.165) is 4.88 Å². The molecule has 1 aromatic heterocycles. The van der Waals surface area contributed by atoms with Gasteiger partial charge in [0.05, 0.1) is 11.0 Å². The van der Waals surface area contributed by atoms with Crippen LogP contribution >= 0.6 is 11.3 Å². The number of hydrogen-bond donors (Lipinski definition) is 3. The first-order valence-corrected chi connectivity index (χ1v) is 6.02. The molecule has 0 saturated heterocycles. The predicted molar refractivity (Wildman–Crippen MR) is 66.0 cm³/mol. The largest absolute Gasteiger partial charge is 0.478 e. The van der Waals surface area contributed by atoms with Gasteiger partial charge < -0.3 is 16.2 Å². The zero-order valence-electron chi connectivity index (χ0n) is 9.82. The molecule has 94 valence electrons. The molecule has 0 spiro atoms. The molecule has 0 atom stereocenters. The average molecular weight is 256 g/mol. The normalized spacial score (nSPS) is 11.4. The molecule has 1 heterocycles. The molecule has 0 fully saturated rings. The van der Waals surface area contributed by atoms with Crippen LogP contribution in [0, 0.1) is 5.41 Å². The smallest absolute Gasteiger partial charge is 0.336 e. The van der Waals surface area contributed by atoms with Crippen LogP contribution in [0.5, 0.6) is 0 Å². The molecule has 1 amide bonds. The summed E-state index contributed by atoms with van der Waals surface area (Å²) >= 11 is 1.38. The van der Waals surface area contributed by atoms with Gasteiger partial charge in [0.25, 0.3) is 0 Å². The molecule has 6 heteroatoms. The number of thiophene rings is 1. The summed E-state index contributed by atoms with van der Waals surface area (Å²) in [4.78, 5) is 22.6. The molecule has 0 aliphatic rings. The van der Waals surface area contributed by atoms with Crippen molar-refractivity contribution < 1.29 is 14.7 Å². The van der Waals surface area contributed by atoms with E-state index in [0.29, 0.717) is 18.7 Å². The van der Waals surface area contributed by atoms with Gasteiger partial charge in [0.15, 0.2) is 0 Å². The van der Waals surface area contributed by atoms with Gasteiger partial charge in [-0.15, -0.1) is 11.3 Å². The lowest BCUT2D eigenvalue weighted by Gasteiger charge is -2.20. The number of carboxylic acid groups (broad SMARTS) is 1. The van der Waals surface area contributed by atoms with Crippen LogP contribution in [0.1, 0.15) is 29.1 Å². The summed E-state index contributed by atoms with van der Waals surface area (Å²) in [6.07, 6.45) is 0. The number of rotatable bonds is 6. The highest BCUT2D eigenvalue weighted by molar-refractivity contribution is 7.10. The van der Waals surface area contributed by atoms with Crippen LogP contribution in [-0.4, -0.2) is 23.5 Å². The van der Waals surface area contributed by atoms with Gasteiger partial charge in [-0.2, -0.15) is 0 Å². The Morgan fingerprint density at radius 3 is 2.65 bits per heavy atom.